The van der Waals surface area contributed by atoms with E-state index < -0.39 is 25.0 Å². The van der Waals surface area contributed by atoms with E-state index in [4.69, 9.17) is 13.3 Å². The molecule has 3 fully saturated rings. The van der Waals surface area contributed by atoms with E-state index in [9.17, 15) is 0 Å². The van der Waals surface area contributed by atoms with Gasteiger partial charge in [-0.15, -0.1) is 0 Å². The number of rotatable bonds is 6. The predicted octanol–water partition coefficient (Wildman–Crippen LogP) is 8.73. The zero-order chi connectivity index (χ0) is 26.2. The molecule has 0 aromatic carbocycles. The summed E-state index contributed by atoms with van der Waals surface area (Å²) >= 11 is 0. The first-order valence-corrected chi connectivity index (χ1v) is 24.5. The predicted molar refractivity (Wildman–Crippen MR) is 156 cm³/mol. The SMILES string of the molecule is CC12CC=C(O[Si](C)(C)C)C=C1[C@H](O[Si](C)(C)C)CC1C2CCC2(C)C1CC[C@]2(C)O[Si](C)(C)C. The molecule has 4 aliphatic rings. The fourth-order valence-corrected chi connectivity index (χ4v) is 12.1. The summed E-state index contributed by atoms with van der Waals surface area (Å²) in [5.74, 6) is 3.29. The normalized spacial score (nSPS) is 41.9. The van der Waals surface area contributed by atoms with Gasteiger partial charge in [0.15, 0.2) is 16.6 Å². The fraction of sp³-hybridized carbons (Fsp3) is 0.862. The minimum absolute atomic E-state index is 0.0179. The van der Waals surface area contributed by atoms with Crippen LogP contribution in [0.4, 0.5) is 0 Å². The Labute approximate surface area is 219 Å². The van der Waals surface area contributed by atoms with Crippen molar-refractivity contribution >= 4 is 25.0 Å². The fourth-order valence-electron chi connectivity index (χ4n) is 8.45. The second-order valence-electron chi connectivity index (χ2n) is 15.8. The van der Waals surface area contributed by atoms with Crippen molar-refractivity contribution in [2.24, 2.45) is 28.6 Å². The lowest BCUT2D eigenvalue weighted by molar-refractivity contribution is -0.118. The maximum absolute atomic E-state index is 7.03. The smallest absolute Gasteiger partial charge is 0.242 e. The van der Waals surface area contributed by atoms with Crippen molar-refractivity contribution in [1.82, 2.24) is 0 Å². The van der Waals surface area contributed by atoms with Crippen LogP contribution in [0.3, 0.4) is 0 Å². The molecule has 0 aliphatic heterocycles. The molecule has 0 saturated heterocycles. The lowest BCUT2D eigenvalue weighted by atomic mass is 9.46. The number of fused-ring (bicyclic) bond motifs is 5. The van der Waals surface area contributed by atoms with Gasteiger partial charge in [-0.1, -0.05) is 13.8 Å². The van der Waals surface area contributed by atoms with Gasteiger partial charge in [0.05, 0.1) is 17.5 Å². The Morgan fingerprint density at radius 2 is 1.43 bits per heavy atom. The van der Waals surface area contributed by atoms with E-state index in [0.29, 0.717) is 0 Å². The topological polar surface area (TPSA) is 27.7 Å². The summed E-state index contributed by atoms with van der Waals surface area (Å²) in [6.45, 7) is 28.6. The Morgan fingerprint density at radius 1 is 0.800 bits per heavy atom. The van der Waals surface area contributed by atoms with Crippen LogP contribution in [-0.4, -0.2) is 36.7 Å². The van der Waals surface area contributed by atoms with E-state index >= 15 is 0 Å². The average molecular weight is 535 g/mol. The summed E-state index contributed by atoms with van der Waals surface area (Å²) < 4.78 is 20.6. The lowest BCUT2D eigenvalue weighted by Crippen LogP contribution is -2.58. The summed E-state index contributed by atoms with van der Waals surface area (Å²) in [6, 6.07) is 0. The molecule has 3 nitrogen and oxygen atoms in total. The van der Waals surface area contributed by atoms with Gasteiger partial charge in [-0.25, -0.2) is 0 Å². The molecule has 4 aliphatic carbocycles. The first-order chi connectivity index (χ1) is 15.8. The molecule has 35 heavy (non-hydrogen) atoms. The van der Waals surface area contributed by atoms with Crippen molar-refractivity contribution in [3.63, 3.8) is 0 Å². The molecule has 3 saturated carbocycles. The molecule has 200 valence electrons. The van der Waals surface area contributed by atoms with Gasteiger partial charge in [0.2, 0.25) is 8.32 Å². The third-order valence-electron chi connectivity index (χ3n) is 9.75. The average Bonchev–Trinajstić information content (AvgIpc) is 2.90. The summed E-state index contributed by atoms with van der Waals surface area (Å²) in [6.07, 6.45) is 12.5. The Balaban J connectivity index is 1.70. The van der Waals surface area contributed by atoms with Gasteiger partial charge in [0.1, 0.15) is 0 Å². The van der Waals surface area contributed by atoms with Gasteiger partial charge >= 0.3 is 0 Å². The Hall–Kier alpha value is -0.149. The van der Waals surface area contributed by atoms with Crippen LogP contribution >= 0.6 is 0 Å². The van der Waals surface area contributed by atoms with Gasteiger partial charge < -0.3 is 13.3 Å². The first kappa shape index (κ1) is 27.9. The summed E-state index contributed by atoms with van der Waals surface area (Å²) in [5, 5.41) is 0. The second kappa shape index (κ2) is 8.69. The van der Waals surface area contributed by atoms with Crippen molar-refractivity contribution in [1.29, 1.82) is 0 Å². The molecule has 6 heteroatoms. The number of hydrogen-bond donors (Lipinski definition) is 0. The monoisotopic (exact) mass is 534 g/mol. The molecule has 0 aromatic heterocycles. The van der Waals surface area contributed by atoms with Crippen LogP contribution in [0, 0.1) is 28.6 Å². The van der Waals surface area contributed by atoms with Crippen LogP contribution in [0.5, 0.6) is 0 Å². The molecule has 0 amide bonds. The van der Waals surface area contributed by atoms with Crippen LogP contribution in [0.15, 0.2) is 23.5 Å². The van der Waals surface area contributed by atoms with Crippen LogP contribution in [0.2, 0.25) is 58.9 Å². The molecule has 0 heterocycles. The molecule has 4 rings (SSSR count). The Morgan fingerprint density at radius 3 is 2.00 bits per heavy atom. The molecule has 0 spiro atoms. The molecule has 5 unspecified atom stereocenters. The number of hydrogen-bond acceptors (Lipinski definition) is 3. The third kappa shape index (κ3) is 5.25. The molecule has 7 atom stereocenters. The summed E-state index contributed by atoms with van der Waals surface area (Å²) in [7, 11) is -4.97. The van der Waals surface area contributed by atoms with E-state index in [1.165, 1.54) is 32.1 Å². The lowest BCUT2D eigenvalue weighted by Gasteiger charge is -2.61. The minimum Gasteiger partial charge on any atom is -0.545 e. The first-order valence-electron chi connectivity index (χ1n) is 14.3. The highest BCUT2D eigenvalue weighted by atomic mass is 28.4. The number of allylic oxidation sites excluding steroid dienone is 2. The molecular weight excluding hydrogens is 481 g/mol. The zero-order valence-electron chi connectivity index (χ0n) is 24.9. The van der Waals surface area contributed by atoms with Gasteiger partial charge in [-0.05, 0) is 151 Å². The quantitative estimate of drug-likeness (QED) is 0.319. The molecule has 0 N–H and O–H groups in total. The van der Waals surface area contributed by atoms with Crippen molar-refractivity contribution in [3.05, 3.63) is 23.5 Å². The minimum atomic E-state index is -1.70. The van der Waals surface area contributed by atoms with Crippen LogP contribution in [-0.2, 0) is 13.3 Å². The van der Waals surface area contributed by atoms with Gasteiger partial charge in [-0.3, -0.25) is 0 Å². The van der Waals surface area contributed by atoms with Crippen LogP contribution < -0.4 is 0 Å². The van der Waals surface area contributed by atoms with Gasteiger partial charge in [0, 0.05) is 0 Å². The van der Waals surface area contributed by atoms with Crippen LogP contribution in [0.25, 0.3) is 0 Å². The second-order valence-corrected chi connectivity index (χ2v) is 29.1. The maximum atomic E-state index is 7.03. The van der Waals surface area contributed by atoms with Crippen LogP contribution in [0.1, 0.15) is 59.3 Å². The molecule has 0 aromatic rings. The molecular formula is C29H54O3Si3. The van der Waals surface area contributed by atoms with Gasteiger partial charge in [0.25, 0.3) is 0 Å². The summed E-state index contributed by atoms with van der Waals surface area (Å²) in [4.78, 5) is 0. The zero-order valence-corrected chi connectivity index (χ0v) is 27.9. The highest BCUT2D eigenvalue weighted by Gasteiger charge is 2.65. The van der Waals surface area contributed by atoms with Crippen molar-refractivity contribution in [2.75, 3.05) is 0 Å². The van der Waals surface area contributed by atoms with Crippen molar-refractivity contribution in [2.45, 2.75) is 130 Å². The molecule has 0 radical (unpaired) electrons. The van der Waals surface area contributed by atoms with E-state index in [1.54, 1.807) is 5.57 Å². The third-order valence-corrected chi connectivity index (χ3v) is 12.7. The summed E-state index contributed by atoms with van der Waals surface area (Å²) in [5.41, 5.74) is 2.01. The highest BCUT2D eigenvalue weighted by molar-refractivity contribution is 6.70. The van der Waals surface area contributed by atoms with E-state index in [2.05, 4.69) is 91.8 Å². The molecule has 0 bridgehead atoms. The van der Waals surface area contributed by atoms with Crippen molar-refractivity contribution in [3.8, 4) is 0 Å². The van der Waals surface area contributed by atoms with E-state index in [-0.39, 0.29) is 22.5 Å². The Kier molecular flexibility index (Phi) is 6.92. The van der Waals surface area contributed by atoms with E-state index in [0.717, 1.165) is 29.9 Å². The van der Waals surface area contributed by atoms with Crippen molar-refractivity contribution < 1.29 is 13.3 Å². The van der Waals surface area contributed by atoms with E-state index in [1.807, 2.05) is 0 Å². The van der Waals surface area contributed by atoms with Gasteiger partial charge in [-0.2, -0.15) is 0 Å². The largest absolute Gasteiger partial charge is 0.545 e. The Bertz CT molecular complexity index is 892. The highest BCUT2D eigenvalue weighted by Crippen LogP contribution is 2.68. The maximum Gasteiger partial charge on any atom is 0.242 e. The standard InChI is InChI=1S/C29H54O3Si3/c1-27-16-13-21(30-33(4,5)6)19-25(27)26(31-34(7,8)9)20-22-23(27)14-17-28(2)24(22)15-18-29(28,3)32-35(10,11)12/h13,19,22-24,26H,14-18,20H2,1-12H3/t22?,23?,24?,26-,27?,28?,29+/m1/s1.